The zero-order valence-electron chi connectivity index (χ0n) is 14.7. The van der Waals surface area contributed by atoms with Gasteiger partial charge in [-0.25, -0.2) is 0 Å². The molecule has 2 N–H and O–H groups in total. The second kappa shape index (κ2) is 8.90. The predicted molar refractivity (Wildman–Crippen MR) is 92.1 cm³/mol. The summed E-state index contributed by atoms with van der Waals surface area (Å²) in [6, 6.07) is -0.678. The fourth-order valence-corrected chi connectivity index (χ4v) is 2.67. The maximum absolute atomic E-state index is 12.3. The highest BCUT2D eigenvalue weighted by molar-refractivity contribution is 7.09. The summed E-state index contributed by atoms with van der Waals surface area (Å²) in [5.74, 6) is -0.769. The molecule has 0 aromatic heterocycles. The Morgan fingerprint density at radius 2 is 2.00 bits per heavy atom. The van der Waals surface area contributed by atoms with Gasteiger partial charge in [0.2, 0.25) is 5.91 Å². The Hall–Kier alpha value is -1.01. The van der Waals surface area contributed by atoms with Gasteiger partial charge in [-0.3, -0.25) is 9.59 Å². The maximum Gasteiger partial charge on any atom is 0.311 e. The van der Waals surface area contributed by atoms with E-state index in [0.29, 0.717) is 6.42 Å². The fraction of sp³-hybridized carbons (Fsp3) is 0.750. The molecule has 24 heavy (non-hydrogen) atoms. The molecule has 1 aliphatic heterocycles. The van der Waals surface area contributed by atoms with Gasteiger partial charge in [0.05, 0.1) is 24.2 Å². The first-order valence-corrected chi connectivity index (χ1v) is 8.33. The lowest BCUT2D eigenvalue weighted by atomic mass is 9.90. The Bertz CT molecular complexity index is 464. The molecular formula is C16H28NO6P. The molecule has 1 saturated heterocycles. The van der Waals surface area contributed by atoms with Crippen LogP contribution < -0.4 is 5.32 Å². The van der Waals surface area contributed by atoms with Gasteiger partial charge in [0.15, 0.2) is 6.10 Å². The van der Waals surface area contributed by atoms with E-state index in [1.165, 1.54) is 6.92 Å². The molecule has 1 heterocycles. The van der Waals surface area contributed by atoms with Crippen LogP contribution >= 0.6 is 9.47 Å². The van der Waals surface area contributed by atoms with Crippen molar-refractivity contribution in [3.63, 3.8) is 0 Å². The summed E-state index contributed by atoms with van der Waals surface area (Å²) in [4.78, 5) is 23.9. The van der Waals surface area contributed by atoms with Crippen LogP contribution in [0.15, 0.2) is 12.7 Å². The van der Waals surface area contributed by atoms with E-state index in [1.807, 2.05) is 0 Å². The zero-order chi connectivity index (χ0) is 18.5. The monoisotopic (exact) mass is 361 g/mol. The first kappa shape index (κ1) is 21.0. The lowest BCUT2D eigenvalue weighted by Crippen LogP contribution is -2.65. The highest BCUT2D eigenvalue weighted by Crippen LogP contribution is 2.28. The Morgan fingerprint density at radius 3 is 2.46 bits per heavy atom. The number of rotatable bonds is 6. The summed E-state index contributed by atoms with van der Waals surface area (Å²) in [5.41, 5.74) is -0.737. The molecule has 1 rings (SSSR count). The van der Waals surface area contributed by atoms with Gasteiger partial charge in [0.1, 0.15) is 12.2 Å². The summed E-state index contributed by atoms with van der Waals surface area (Å²) in [5, 5.41) is 13.3. The minimum atomic E-state index is -1.13. The normalized spacial score (nSPS) is 30.5. The van der Waals surface area contributed by atoms with Gasteiger partial charge in [-0.05, 0) is 27.2 Å². The second-order valence-corrected chi connectivity index (χ2v) is 7.24. The first-order valence-electron chi connectivity index (χ1n) is 7.86. The molecule has 0 aromatic rings. The number of aliphatic hydroxyl groups is 1. The van der Waals surface area contributed by atoms with Gasteiger partial charge >= 0.3 is 5.97 Å². The number of nitrogens with one attached hydrogen (secondary N) is 1. The van der Waals surface area contributed by atoms with Crippen molar-refractivity contribution in [2.45, 2.75) is 64.6 Å². The number of ether oxygens (including phenoxy) is 2. The van der Waals surface area contributed by atoms with Crippen LogP contribution in [-0.2, 0) is 23.6 Å². The number of hydrogen-bond donors (Lipinski definition) is 2. The number of esters is 1. The molecule has 3 unspecified atom stereocenters. The van der Waals surface area contributed by atoms with Crippen LogP contribution in [-0.4, -0.2) is 54.0 Å². The third-order valence-electron chi connectivity index (χ3n) is 3.71. The number of hydrogen-bond acceptors (Lipinski definition) is 6. The van der Waals surface area contributed by atoms with Crippen LogP contribution in [0.1, 0.15) is 34.1 Å². The van der Waals surface area contributed by atoms with Crippen molar-refractivity contribution >= 4 is 21.3 Å². The molecule has 0 radical (unpaired) electrons. The molecule has 0 aliphatic carbocycles. The molecule has 0 spiro atoms. The van der Waals surface area contributed by atoms with E-state index in [1.54, 1.807) is 26.8 Å². The van der Waals surface area contributed by atoms with Crippen LogP contribution in [0.25, 0.3) is 0 Å². The van der Waals surface area contributed by atoms with Crippen molar-refractivity contribution in [3.05, 3.63) is 12.7 Å². The molecule has 0 bridgehead atoms. The van der Waals surface area contributed by atoms with E-state index in [9.17, 15) is 14.7 Å². The molecule has 1 fully saturated rings. The van der Waals surface area contributed by atoms with Crippen LogP contribution in [0.2, 0.25) is 0 Å². The highest BCUT2D eigenvalue weighted by atomic mass is 31.0. The minimum absolute atomic E-state index is 0.107. The first-order chi connectivity index (χ1) is 11.1. The molecule has 7 nitrogen and oxygen atoms in total. The average molecular weight is 361 g/mol. The van der Waals surface area contributed by atoms with Gasteiger partial charge in [-0.1, -0.05) is 6.08 Å². The SMILES string of the molecule is C=CC[C@H]1OC(COP)[C@@H](O)[C@H](OC(=O)C(C)(C)C)C1NC(C)=O. The number of carbonyl (C=O) groups excluding carboxylic acids is 2. The molecule has 6 atom stereocenters. The van der Waals surface area contributed by atoms with E-state index in [-0.39, 0.29) is 12.5 Å². The third kappa shape index (κ3) is 5.52. The van der Waals surface area contributed by atoms with Crippen molar-refractivity contribution < 1.29 is 28.7 Å². The van der Waals surface area contributed by atoms with Gasteiger partial charge in [-0.15, -0.1) is 6.58 Å². The van der Waals surface area contributed by atoms with E-state index in [2.05, 4.69) is 21.4 Å². The Balaban J connectivity index is 3.11. The van der Waals surface area contributed by atoms with E-state index >= 15 is 0 Å². The van der Waals surface area contributed by atoms with Crippen molar-refractivity contribution in [1.82, 2.24) is 5.32 Å². The lowest BCUT2D eigenvalue weighted by molar-refractivity contribution is -0.212. The Kier molecular flexibility index (Phi) is 7.80. The van der Waals surface area contributed by atoms with Crippen LogP contribution in [0.3, 0.4) is 0 Å². The maximum atomic E-state index is 12.3. The smallest absolute Gasteiger partial charge is 0.311 e. The fourth-order valence-electron chi connectivity index (χ4n) is 2.48. The highest BCUT2D eigenvalue weighted by Gasteiger charge is 2.48. The van der Waals surface area contributed by atoms with Crippen molar-refractivity contribution in [2.24, 2.45) is 5.41 Å². The van der Waals surface area contributed by atoms with Crippen molar-refractivity contribution in [3.8, 4) is 0 Å². The largest absolute Gasteiger partial charge is 0.457 e. The Labute approximate surface area is 145 Å². The van der Waals surface area contributed by atoms with Gasteiger partial charge in [0.25, 0.3) is 0 Å². The minimum Gasteiger partial charge on any atom is -0.457 e. The van der Waals surface area contributed by atoms with E-state index < -0.39 is 41.8 Å². The summed E-state index contributed by atoms with van der Waals surface area (Å²) >= 11 is 0. The quantitative estimate of drug-likeness (QED) is 0.416. The van der Waals surface area contributed by atoms with Gasteiger partial charge in [-0.2, -0.15) is 0 Å². The summed E-state index contributed by atoms with van der Waals surface area (Å²) in [7, 11) is 2.09. The molecule has 8 heteroatoms. The topological polar surface area (TPSA) is 94.1 Å². The summed E-state index contributed by atoms with van der Waals surface area (Å²) < 4.78 is 16.4. The molecule has 1 aliphatic rings. The van der Waals surface area contributed by atoms with Gasteiger partial charge in [0, 0.05) is 16.4 Å². The van der Waals surface area contributed by atoms with E-state index in [4.69, 9.17) is 14.0 Å². The zero-order valence-corrected chi connectivity index (χ0v) is 15.8. The summed E-state index contributed by atoms with van der Waals surface area (Å²) in [6.45, 7) is 10.3. The molecular weight excluding hydrogens is 333 g/mol. The molecule has 0 saturated carbocycles. The summed E-state index contributed by atoms with van der Waals surface area (Å²) in [6.07, 6.45) is -1.17. The predicted octanol–water partition coefficient (Wildman–Crippen LogP) is 0.960. The van der Waals surface area contributed by atoms with Crippen LogP contribution in [0.4, 0.5) is 0 Å². The van der Waals surface area contributed by atoms with Crippen LogP contribution in [0.5, 0.6) is 0 Å². The lowest BCUT2D eigenvalue weighted by Gasteiger charge is -2.44. The standard InChI is InChI=1S/C16H28NO6P/c1-6-7-10-12(17-9(2)18)14(23-15(20)16(3,4)5)13(19)11(22-10)8-21-24/h6,10-14,19H,1,7-8,24H2,2-5H3,(H,17,18)/t10-,11?,12?,13-,14-/m1/s1. The second-order valence-electron chi connectivity index (χ2n) is 6.91. The van der Waals surface area contributed by atoms with Gasteiger partial charge < -0.3 is 24.4 Å². The van der Waals surface area contributed by atoms with Crippen molar-refractivity contribution in [1.29, 1.82) is 0 Å². The number of aliphatic hydroxyl groups excluding tert-OH is 1. The molecule has 1 amide bonds. The molecule has 138 valence electrons. The Morgan fingerprint density at radius 1 is 1.38 bits per heavy atom. The average Bonchev–Trinajstić information content (AvgIpc) is 2.46. The van der Waals surface area contributed by atoms with E-state index in [0.717, 1.165) is 0 Å². The van der Waals surface area contributed by atoms with Crippen molar-refractivity contribution in [2.75, 3.05) is 6.61 Å². The van der Waals surface area contributed by atoms with Crippen LogP contribution in [0, 0.1) is 5.41 Å². The number of carbonyl (C=O) groups is 2. The molecule has 0 aromatic carbocycles. The third-order valence-corrected chi connectivity index (χ3v) is 3.90. The number of amides is 1.